The van der Waals surface area contributed by atoms with E-state index in [9.17, 15) is 13.2 Å². The molecule has 0 fully saturated rings. The Bertz CT molecular complexity index is 421. The fourth-order valence-corrected chi connectivity index (χ4v) is 1.93. The van der Waals surface area contributed by atoms with Gasteiger partial charge in [0.2, 0.25) is 0 Å². The molecule has 0 saturated carbocycles. The van der Waals surface area contributed by atoms with Crippen molar-refractivity contribution in [2.75, 3.05) is 29.9 Å². The van der Waals surface area contributed by atoms with Gasteiger partial charge in [0, 0.05) is 18.7 Å². The average Bonchev–Trinajstić information content (AvgIpc) is 2.35. The molecule has 0 aliphatic rings. The molecule has 1 heterocycles. The van der Waals surface area contributed by atoms with E-state index in [-0.39, 0.29) is 0 Å². The van der Waals surface area contributed by atoms with Crippen LogP contribution in [0.2, 0.25) is 0 Å². The molecule has 20 heavy (non-hydrogen) atoms. The molecule has 114 valence electrons. The first-order valence-corrected chi connectivity index (χ1v) is 6.76. The molecule has 1 rings (SSSR count). The number of nitrogens with zero attached hydrogens (tertiary/aromatic N) is 3. The summed E-state index contributed by atoms with van der Waals surface area (Å²) >= 11 is 0. The molecule has 1 aromatic rings. The summed E-state index contributed by atoms with van der Waals surface area (Å²) in [5.74, 6) is 0.943. The number of aromatic nitrogens is 2. The molecule has 0 amide bonds. The number of rotatable bonds is 7. The van der Waals surface area contributed by atoms with Crippen molar-refractivity contribution >= 4 is 11.6 Å². The second-order valence-corrected chi connectivity index (χ2v) is 4.63. The van der Waals surface area contributed by atoms with Gasteiger partial charge in [-0.25, -0.2) is 9.97 Å². The minimum atomic E-state index is -4.25. The van der Waals surface area contributed by atoms with Crippen molar-refractivity contribution in [2.24, 2.45) is 0 Å². The van der Waals surface area contributed by atoms with E-state index in [0.717, 1.165) is 13.0 Å². The van der Waals surface area contributed by atoms with Crippen LogP contribution in [-0.2, 0) is 0 Å². The first-order chi connectivity index (χ1) is 9.39. The Morgan fingerprint density at radius 2 is 1.90 bits per heavy atom. The molecule has 4 nitrogen and oxygen atoms in total. The van der Waals surface area contributed by atoms with E-state index in [2.05, 4.69) is 15.3 Å². The van der Waals surface area contributed by atoms with Gasteiger partial charge in [-0.05, 0) is 19.8 Å². The van der Waals surface area contributed by atoms with Crippen molar-refractivity contribution in [1.29, 1.82) is 0 Å². The lowest BCUT2D eigenvalue weighted by atomic mass is 10.2. The predicted molar refractivity (Wildman–Crippen MR) is 74.1 cm³/mol. The van der Waals surface area contributed by atoms with Gasteiger partial charge in [0.05, 0.1) is 0 Å². The number of alkyl halides is 3. The molecular weight excluding hydrogens is 269 g/mol. The van der Waals surface area contributed by atoms with Crippen molar-refractivity contribution < 1.29 is 13.2 Å². The smallest absolute Gasteiger partial charge is 0.370 e. The molecule has 0 saturated heterocycles. The minimum Gasteiger partial charge on any atom is -0.370 e. The molecule has 0 aliphatic carbocycles. The van der Waals surface area contributed by atoms with Crippen molar-refractivity contribution in [3.05, 3.63) is 11.9 Å². The maximum Gasteiger partial charge on any atom is 0.405 e. The van der Waals surface area contributed by atoms with Crippen molar-refractivity contribution in [1.82, 2.24) is 9.97 Å². The number of hydrogen-bond donors (Lipinski definition) is 1. The minimum absolute atomic E-state index is 0.310. The monoisotopic (exact) mass is 290 g/mol. The lowest BCUT2D eigenvalue weighted by Gasteiger charge is -2.26. The van der Waals surface area contributed by atoms with E-state index in [1.54, 1.807) is 6.92 Å². The predicted octanol–water partition coefficient (Wildman–Crippen LogP) is 3.39. The van der Waals surface area contributed by atoms with Gasteiger partial charge in [-0.2, -0.15) is 13.2 Å². The highest BCUT2D eigenvalue weighted by atomic mass is 19.4. The molecule has 0 spiro atoms. The fourth-order valence-electron chi connectivity index (χ4n) is 1.93. The van der Waals surface area contributed by atoms with Crippen LogP contribution in [0.3, 0.4) is 0 Å². The Balaban J connectivity index is 3.00. The van der Waals surface area contributed by atoms with Crippen LogP contribution in [0.4, 0.5) is 24.8 Å². The number of nitrogens with one attached hydrogen (secondary N) is 1. The third kappa shape index (κ3) is 4.86. The van der Waals surface area contributed by atoms with Crippen LogP contribution in [0.15, 0.2) is 6.33 Å². The molecule has 1 aromatic heterocycles. The largest absolute Gasteiger partial charge is 0.405 e. The van der Waals surface area contributed by atoms with Gasteiger partial charge in [0.1, 0.15) is 24.5 Å². The summed E-state index contributed by atoms with van der Waals surface area (Å²) in [5.41, 5.74) is 0.652. The second-order valence-electron chi connectivity index (χ2n) is 4.63. The summed E-state index contributed by atoms with van der Waals surface area (Å²) in [5, 5.41) is 3.10. The highest BCUT2D eigenvalue weighted by Gasteiger charge is 2.31. The zero-order valence-electron chi connectivity index (χ0n) is 12.1. The van der Waals surface area contributed by atoms with Crippen LogP contribution in [0.5, 0.6) is 0 Å². The lowest BCUT2D eigenvalue weighted by Crippen LogP contribution is -2.36. The van der Waals surface area contributed by atoms with E-state index < -0.39 is 12.7 Å². The maximum atomic E-state index is 12.6. The van der Waals surface area contributed by atoms with Gasteiger partial charge in [0.25, 0.3) is 0 Å². The van der Waals surface area contributed by atoms with Crippen LogP contribution in [0, 0.1) is 6.92 Å². The van der Waals surface area contributed by atoms with Crippen LogP contribution >= 0.6 is 0 Å². The quantitative estimate of drug-likeness (QED) is 0.835. The normalized spacial score (nSPS) is 11.5. The fraction of sp³-hybridized carbons (Fsp3) is 0.692. The van der Waals surface area contributed by atoms with E-state index >= 15 is 0 Å². The molecule has 0 bridgehead atoms. The molecule has 0 aromatic carbocycles. The summed E-state index contributed by atoms with van der Waals surface area (Å²) < 4.78 is 37.9. The average molecular weight is 290 g/mol. The standard InChI is InChI=1S/C13H21F3N4/c1-4-6-17-11-10(3)12(19-9-18-11)20(7-5-2)8-13(14,15)16/h9H,4-8H2,1-3H3,(H,17,18,19). The molecular formula is C13H21F3N4. The van der Waals surface area contributed by atoms with E-state index in [4.69, 9.17) is 0 Å². The second kappa shape index (κ2) is 7.31. The highest BCUT2D eigenvalue weighted by Crippen LogP contribution is 2.26. The van der Waals surface area contributed by atoms with Crippen LogP contribution < -0.4 is 10.2 Å². The molecule has 7 heteroatoms. The Kier molecular flexibility index (Phi) is 6.04. The summed E-state index contributed by atoms with van der Waals surface area (Å²) in [4.78, 5) is 9.37. The molecule has 0 unspecified atom stereocenters. The van der Waals surface area contributed by atoms with Gasteiger partial charge in [-0.1, -0.05) is 13.8 Å². The third-order valence-corrected chi connectivity index (χ3v) is 2.76. The Hall–Kier alpha value is -1.53. The number of anilines is 2. The third-order valence-electron chi connectivity index (χ3n) is 2.76. The number of hydrogen-bond acceptors (Lipinski definition) is 4. The van der Waals surface area contributed by atoms with E-state index in [1.807, 2.05) is 13.8 Å². The maximum absolute atomic E-state index is 12.6. The summed E-state index contributed by atoms with van der Waals surface area (Å²) in [6, 6.07) is 0. The van der Waals surface area contributed by atoms with Crippen molar-refractivity contribution in [3.63, 3.8) is 0 Å². The molecule has 0 aliphatic heterocycles. The lowest BCUT2D eigenvalue weighted by molar-refractivity contribution is -0.119. The van der Waals surface area contributed by atoms with Crippen molar-refractivity contribution in [2.45, 2.75) is 39.8 Å². The van der Waals surface area contributed by atoms with Gasteiger partial charge in [0.15, 0.2) is 0 Å². The molecule has 1 N–H and O–H groups in total. The summed E-state index contributed by atoms with van der Waals surface area (Å²) in [6.45, 7) is 5.64. The summed E-state index contributed by atoms with van der Waals surface area (Å²) in [6.07, 6.45) is -1.40. The SMILES string of the molecule is CCCNc1ncnc(N(CCC)CC(F)(F)F)c1C. The van der Waals surface area contributed by atoms with Gasteiger partial charge < -0.3 is 10.2 Å². The van der Waals surface area contributed by atoms with E-state index in [1.165, 1.54) is 11.2 Å². The van der Waals surface area contributed by atoms with Crippen LogP contribution in [-0.4, -0.2) is 35.8 Å². The Morgan fingerprint density at radius 1 is 1.20 bits per heavy atom. The highest BCUT2D eigenvalue weighted by molar-refractivity contribution is 5.58. The zero-order valence-corrected chi connectivity index (χ0v) is 12.1. The Labute approximate surface area is 117 Å². The van der Waals surface area contributed by atoms with Crippen LogP contribution in [0.1, 0.15) is 32.3 Å². The Morgan fingerprint density at radius 3 is 2.45 bits per heavy atom. The molecule has 0 atom stereocenters. The van der Waals surface area contributed by atoms with Gasteiger partial charge in [-0.15, -0.1) is 0 Å². The summed E-state index contributed by atoms with van der Waals surface area (Å²) in [7, 11) is 0. The van der Waals surface area contributed by atoms with Gasteiger partial charge >= 0.3 is 6.18 Å². The topological polar surface area (TPSA) is 41.1 Å². The van der Waals surface area contributed by atoms with E-state index in [0.29, 0.717) is 30.2 Å². The zero-order chi connectivity index (χ0) is 15.2. The van der Waals surface area contributed by atoms with Gasteiger partial charge in [-0.3, -0.25) is 0 Å². The van der Waals surface area contributed by atoms with Crippen LogP contribution in [0.25, 0.3) is 0 Å². The first kappa shape index (κ1) is 16.5. The molecule has 0 radical (unpaired) electrons. The number of halogens is 3. The van der Waals surface area contributed by atoms with Crippen molar-refractivity contribution in [3.8, 4) is 0 Å². The first-order valence-electron chi connectivity index (χ1n) is 6.76.